The Bertz CT molecular complexity index is 1010. The fourth-order valence-electron chi connectivity index (χ4n) is 3.48. The van der Waals surface area contributed by atoms with Crippen LogP contribution in [-0.4, -0.2) is 32.2 Å². The fraction of sp³-hybridized carbons (Fsp3) is 0.400. The largest absolute Gasteiger partial charge is 0.382 e. The molecule has 1 aromatic heterocycles. The Morgan fingerprint density at radius 1 is 1.12 bits per heavy atom. The van der Waals surface area contributed by atoms with Gasteiger partial charge in [0.25, 0.3) is 0 Å². The van der Waals surface area contributed by atoms with Crippen LogP contribution in [-0.2, 0) is 21.2 Å². The average Bonchev–Trinajstić information content (AvgIpc) is 3.15. The van der Waals surface area contributed by atoms with Crippen LogP contribution < -0.4 is 4.31 Å². The summed E-state index contributed by atoms with van der Waals surface area (Å²) >= 11 is 5.22. The molecule has 3 rings (SSSR count). The number of methoxy groups -OCH3 is 1. The fourth-order valence-corrected chi connectivity index (χ4v) is 4.90. The molecule has 1 heterocycles. The first-order valence-corrected chi connectivity index (χ1v) is 12.7. The van der Waals surface area contributed by atoms with Crippen LogP contribution in [0.5, 0.6) is 0 Å². The van der Waals surface area contributed by atoms with Gasteiger partial charge < -0.3 is 14.0 Å². The number of anilines is 1. The summed E-state index contributed by atoms with van der Waals surface area (Å²) in [4.78, 5) is 1.14. The van der Waals surface area contributed by atoms with Gasteiger partial charge in [-0.2, -0.15) is 0 Å². The van der Waals surface area contributed by atoms with Crippen molar-refractivity contribution in [1.82, 2.24) is 5.16 Å². The Hall–Kier alpha value is -1.80. The summed E-state index contributed by atoms with van der Waals surface area (Å²) in [5.41, 5.74) is 6.08. The first-order chi connectivity index (χ1) is 15.6. The third kappa shape index (κ3) is 6.16. The molecule has 0 bridgehead atoms. The quantitative estimate of drug-likeness (QED) is 0.112. The molecule has 0 N–H and O–H groups in total. The molecule has 0 atom stereocenters. The van der Waals surface area contributed by atoms with Crippen LogP contribution in [0.3, 0.4) is 0 Å². The Kier molecular flexibility index (Phi) is 9.66. The third-order valence-corrected chi connectivity index (χ3v) is 6.96. The van der Waals surface area contributed by atoms with E-state index in [0.717, 1.165) is 53.4 Å². The average molecular weight is 520 g/mol. The lowest BCUT2D eigenvalue weighted by Gasteiger charge is -2.22. The molecule has 0 spiro atoms. The van der Waals surface area contributed by atoms with Crippen molar-refractivity contribution in [2.24, 2.45) is 0 Å². The highest BCUT2D eigenvalue weighted by atomic mass is 79.9. The van der Waals surface area contributed by atoms with Gasteiger partial charge >= 0.3 is 0 Å². The zero-order valence-electron chi connectivity index (χ0n) is 19.2. The summed E-state index contributed by atoms with van der Waals surface area (Å²) in [5, 5.41) is 5.10. The predicted octanol–water partition coefficient (Wildman–Crippen LogP) is 6.94. The number of rotatable bonds is 12. The molecular formula is C25H31BrN2O3S. The van der Waals surface area contributed by atoms with Crippen LogP contribution in [0.15, 0.2) is 51.9 Å². The van der Waals surface area contributed by atoms with E-state index in [9.17, 15) is 0 Å². The monoisotopic (exact) mass is 518 g/mol. The van der Waals surface area contributed by atoms with Crippen molar-refractivity contribution in [3.05, 3.63) is 64.9 Å². The van der Waals surface area contributed by atoms with E-state index >= 15 is 0 Å². The SMILES string of the molecule is CCOCCCc1cc(CBr)ccc1-c1ccccc1SN(COC)c1noc(C)c1C. The number of ether oxygens (including phenoxy) is 2. The van der Waals surface area contributed by atoms with E-state index in [1.54, 1.807) is 19.1 Å². The molecule has 0 saturated carbocycles. The molecule has 0 saturated heterocycles. The summed E-state index contributed by atoms with van der Waals surface area (Å²) in [6.07, 6.45) is 1.97. The lowest BCUT2D eigenvalue weighted by atomic mass is 9.95. The van der Waals surface area contributed by atoms with Crippen LogP contribution in [0.25, 0.3) is 11.1 Å². The number of nitrogens with zero attached hydrogens (tertiary/aromatic N) is 2. The Labute approximate surface area is 203 Å². The number of aromatic nitrogens is 1. The number of hydrogen-bond donors (Lipinski definition) is 0. The molecule has 32 heavy (non-hydrogen) atoms. The number of alkyl halides is 1. The van der Waals surface area contributed by atoms with Gasteiger partial charge in [-0.1, -0.05) is 57.5 Å². The van der Waals surface area contributed by atoms with Gasteiger partial charge in [-0.05, 0) is 73.9 Å². The molecule has 0 fully saturated rings. The minimum Gasteiger partial charge on any atom is -0.382 e. The van der Waals surface area contributed by atoms with E-state index in [0.29, 0.717) is 6.73 Å². The highest BCUT2D eigenvalue weighted by molar-refractivity contribution is 9.08. The molecule has 3 aromatic rings. The second kappa shape index (κ2) is 12.4. The number of hydrogen-bond acceptors (Lipinski definition) is 6. The van der Waals surface area contributed by atoms with Gasteiger partial charge in [-0.15, -0.1) is 0 Å². The van der Waals surface area contributed by atoms with Crippen LogP contribution in [0, 0.1) is 13.8 Å². The predicted molar refractivity (Wildman–Crippen MR) is 136 cm³/mol. The minimum absolute atomic E-state index is 0.398. The Morgan fingerprint density at radius 3 is 2.62 bits per heavy atom. The van der Waals surface area contributed by atoms with Crippen molar-refractivity contribution in [3.8, 4) is 11.1 Å². The lowest BCUT2D eigenvalue weighted by molar-refractivity contribution is 0.145. The molecule has 172 valence electrons. The first kappa shape index (κ1) is 24.8. The van der Waals surface area contributed by atoms with Gasteiger partial charge in [0.15, 0.2) is 5.82 Å². The van der Waals surface area contributed by atoms with Crippen molar-refractivity contribution in [2.75, 3.05) is 31.4 Å². The molecule has 0 unspecified atom stereocenters. The van der Waals surface area contributed by atoms with Crippen molar-refractivity contribution in [1.29, 1.82) is 0 Å². The molecular weight excluding hydrogens is 488 g/mol. The standard InChI is InChI=1S/C25H31BrN2O3S/c1-5-30-14-8-9-21-15-20(16-26)12-13-22(21)23-10-6-7-11-24(23)32-28(17-29-4)25-18(2)19(3)31-27-25/h6-7,10-13,15H,5,8-9,14,16-17H2,1-4H3. The lowest BCUT2D eigenvalue weighted by Crippen LogP contribution is -2.18. The van der Waals surface area contributed by atoms with E-state index in [4.69, 9.17) is 14.0 Å². The van der Waals surface area contributed by atoms with Gasteiger partial charge in [0.2, 0.25) is 0 Å². The van der Waals surface area contributed by atoms with Gasteiger partial charge in [0, 0.05) is 36.1 Å². The molecule has 0 aliphatic carbocycles. The Morgan fingerprint density at radius 2 is 1.94 bits per heavy atom. The number of halogens is 1. The van der Waals surface area contributed by atoms with Crippen LogP contribution in [0.4, 0.5) is 5.82 Å². The number of benzene rings is 2. The van der Waals surface area contributed by atoms with Crippen LogP contribution >= 0.6 is 27.9 Å². The summed E-state index contributed by atoms with van der Waals surface area (Å²) < 4.78 is 18.5. The summed E-state index contributed by atoms with van der Waals surface area (Å²) in [6.45, 7) is 7.91. The zero-order valence-corrected chi connectivity index (χ0v) is 21.6. The Balaban J connectivity index is 1.95. The van der Waals surface area contributed by atoms with E-state index < -0.39 is 0 Å². The number of aryl methyl sites for hydroxylation is 2. The van der Waals surface area contributed by atoms with Gasteiger partial charge in [0.1, 0.15) is 12.5 Å². The van der Waals surface area contributed by atoms with Crippen molar-refractivity contribution >= 4 is 33.7 Å². The topological polar surface area (TPSA) is 47.7 Å². The third-order valence-electron chi connectivity index (χ3n) is 5.26. The molecule has 7 heteroatoms. The molecule has 2 aromatic carbocycles. The highest BCUT2D eigenvalue weighted by Gasteiger charge is 2.20. The van der Waals surface area contributed by atoms with E-state index in [1.807, 2.05) is 25.1 Å². The minimum atomic E-state index is 0.398. The smallest absolute Gasteiger partial charge is 0.187 e. The zero-order chi connectivity index (χ0) is 22.9. The van der Waals surface area contributed by atoms with E-state index in [1.165, 1.54) is 22.3 Å². The molecule has 0 amide bonds. The molecule has 5 nitrogen and oxygen atoms in total. The van der Waals surface area contributed by atoms with Crippen molar-refractivity contribution in [2.45, 2.75) is 43.8 Å². The molecule has 0 radical (unpaired) electrons. The summed E-state index contributed by atoms with van der Waals surface area (Å²) in [7, 11) is 1.69. The first-order valence-electron chi connectivity index (χ1n) is 10.8. The van der Waals surface area contributed by atoms with E-state index in [2.05, 4.69) is 63.6 Å². The van der Waals surface area contributed by atoms with Crippen LogP contribution in [0.1, 0.15) is 35.8 Å². The second-order valence-electron chi connectivity index (χ2n) is 7.50. The maximum atomic E-state index is 5.57. The normalized spacial score (nSPS) is 11.2. The van der Waals surface area contributed by atoms with Crippen molar-refractivity contribution < 1.29 is 14.0 Å². The molecule has 0 aliphatic heterocycles. The maximum Gasteiger partial charge on any atom is 0.187 e. The summed E-state index contributed by atoms with van der Waals surface area (Å²) in [5.74, 6) is 1.60. The second-order valence-corrected chi connectivity index (χ2v) is 9.12. The highest BCUT2D eigenvalue weighted by Crippen LogP contribution is 2.38. The summed E-state index contributed by atoms with van der Waals surface area (Å²) in [6, 6.07) is 15.2. The van der Waals surface area contributed by atoms with Gasteiger partial charge in [-0.25, -0.2) is 0 Å². The van der Waals surface area contributed by atoms with Crippen LogP contribution in [0.2, 0.25) is 0 Å². The van der Waals surface area contributed by atoms with Gasteiger partial charge in [-0.3, -0.25) is 4.31 Å². The van der Waals surface area contributed by atoms with Crippen molar-refractivity contribution in [3.63, 3.8) is 0 Å². The van der Waals surface area contributed by atoms with E-state index in [-0.39, 0.29) is 0 Å². The van der Waals surface area contributed by atoms with Gasteiger partial charge in [0.05, 0.1) is 0 Å². The molecule has 0 aliphatic rings. The maximum absolute atomic E-state index is 5.57.